The van der Waals surface area contributed by atoms with Crippen LogP contribution in [0.5, 0.6) is 5.75 Å². The van der Waals surface area contributed by atoms with Crippen molar-refractivity contribution < 1.29 is 19.1 Å². The smallest absolute Gasteiger partial charge is 0.257 e. The fourth-order valence-electron chi connectivity index (χ4n) is 3.70. The standard InChI is InChI=1S/C19H24N2O4.ClH/c22-16-10-20-8-12(16)9-21-19(23)11-24-13-5-6-18-15(7-13)14-3-1-2-4-17(14)25-18;/h5-7,12,16,20,22H,1-4,8-11H2,(H,21,23);1H. The fraction of sp³-hybridized carbons (Fsp3) is 0.526. The molecule has 2 heterocycles. The zero-order valence-electron chi connectivity index (χ0n) is 14.6. The molecular formula is C19H25ClN2O4. The lowest BCUT2D eigenvalue weighted by molar-refractivity contribution is -0.123. The largest absolute Gasteiger partial charge is 0.484 e. The zero-order chi connectivity index (χ0) is 17.2. The van der Waals surface area contributed by atoms with Crippen molar-refractivity contribution in [3.05, 3.63) is 29.5 Å². The van der Waals surface area contributed by atoms with Crippen molar-refractivity contribution in [3.8, 4) is 5.75 Å². The van der Waals surface area contributed by atoms with Gasteiger partial charge in [-0.1, -0.05) is 0 Å². The Morgan fingerprint density at radius 1 is 1.31 bits per heavy atom. The summed E-state index contributed by atoms with van der Waals surface area (Å²) in [6, 6.07) is 5.73. The van der Waals surface area contributed by atoms with E-state index in [1.165, 1.54) is 18.4 Å². The molecule has 26 heavy (non-hydrogen) atoms. The van der Waals surface area contributed by atoms with Crippen LogP contribution in [0.25, 0.3) is 11.0 Å². The predicted molar refractivity (Wildman–Crippen MR) is 101 cm³/mol. The molecule has 2 unspecified atom stereocenters. The Labute approximate surface area is 158 Å². The van der Waals surface area contributed by atoms with Crippen molar-refractivity contribution in [1.29, 1.82) is 0 Å². The summed E-state index contributed by atoms with van der Waals surface area (Å²) in [5, 5.41) is 16.8. The van der Waals surface area contributed by atoms with E-state index in [2.05, 4.69) is 10.6 Å². The molecule has 7 heteroatoms. The number of amides is 1. The fourth-order valence-corrected chi connectivity index (χ4v) is 3.70. The van der Waals surface area contributed by atoms with Crippen LogP contribution in [-0.2, 0) is 17.6 Å². The SMILES string of the molecule is Cl.O=C(COc1ccc2oc3c(c2c1)CCCC3)NCC1CNCC1O. The summed E-state index contributed by atoms with van der Waals surface area (Å²) in [5.74, 6) is 1.67. The maximum absolute atomic E-state index is 12.0. The number of nitrogens with one attached hydrogen (secondary N) is 2. The molecule has 0 saturated carbocycles. The number of aliphatic hydroxyl groups excluding tert-OH is 1. The summed E-state index contributed by atoms with van der Waals surface area (Å²) in [6.45, 7) is 1.75. The third kappa shape index (κ3) is 3.98. The Hall–Kier alpha value is -1.76. The molecule has 0 bridgehead atoms. The van der Waals surface area contributed by atoms with E-state index in [-0.39, 0.29) is 30.8 Å². The van der Waals surface area contributed by atoms with Crippen molar-refractivity contribution in [2.75, 3.05) is 26.2 Å². The van der Waals surface area contributed by atoms with Gasteiger partial charge < -0.3 is 24.9 Å². The molecule has 142 valence electrons. The summed E-state index contributed by atoms with van der Waals surface area (Å²) in [5.41, 5.74) is 2.19. The number of fused-ring (bicyclic) bond motifs is 3. The van der Waals surface area contributed by atoms with Crippen LogP contribution in [0.1, 0.15) is 24.2 Å². The number of aryl methyl sites for hydroxylation is 2. The first-order valence-corrected chi connectivity index (χ1v) is 9.03. The number of hydrogen-bond donors (Lipinski definition) is 3. The second kappa shape index (κ2) is 8.29. The van der Waals surface area contributed by atoms with Gasteiger partial charge in [-0.3, -0.25) is 4.79 Å². The van der Waals surface area contributed by atoms with Crippen LogP contribution in [0.2, 0.25) is 0 Å². The third-order valence-corrected chi connectivity index (χ3v) is 5.16. The van der Waals surface area contributed by atoms with E-state index in [9.17, 15) is 9.90 Å². The van der Waals surface area contributed by atoms with Crippen molar-refractivity contribution in [2.24, 2.45) is 5.92 Å². The summed E-state index contributed by atoms with van der Waals surface area (Å²) >= 11 is 0. The molecular weight excluding hydrogens is 356 g/mol. The van der Waals surface area contributed by atoms with E-state index in [1.54, 1.807) is 0 Å². The molecule has 0 radical (unpaired) electrons. The van der Waals surface area contributed by atoms with E-state index in [4.69, 9.17) is 9.15 Å². The number of furan rings is 1. The minimum absolute atomic E-state index is 0. The van der Waals surface area contributed by atoms with Gasteiger partial charge in [0.05, 0.1) is 6.10 Å². The lowest BCUT2D eigenvalue weighted by Gasteiger charge is -2.14. The van der Waals surface area contributed by atoms with Gasteiger partial charge in [0.15, 0.2) is 6.61 Å². The second-order valence-corrected chi connectivity index (χ2v) is 6.95. The van der Waals surface area contributed by atoms with Crippen LogP contribution in [0, 0.1) is 5.92 Å². The Morgan fingerprint density at radius 2 is 2.15 bits per heavy atom. The lowest BCUT2D eigenvalue weighted by atomic mass is 9.96. The number of hydrogen-bond acceptors (Lipinski definition) is 5. The molecule has 1 fully saturated rings. The highest BCUT2D eigenvalue weighted by Crippen LogP contribution is 2.33. The van der Waals surface area contributed by atoms with Crippen LogP contribution in [0.15, 0.2) is 22.6 Å². The highest BCUT2D eigenvalue weighted by molar-refractivity contribution is 5.85. The molecule has 1 aromatic heterocycles. The van der Waals surface area contributed by atoms with Crippen LogP contribution in [0.4, 0.5) is 0 Å². The molecule has 4 rings (SSSR count). The molecule has 1 amide bonds. The normalized spacial score (nSPS) is 21.9. The van der Waals surface area contributed by atoms with E-state index >= 15 is 0 Å². The van der Waals surface area contributed by atoms with Gasteiger partial charge in [0, 0.05) is 42.9 Å². The molecule has 2 aromatic rings. The highest BCUT2D eigenvalue weighted by Gasteiger charge is 2.25. The number of carbonyl (C=O) groups excluding carboxylic acids is 1. The van der Waals surface area contributed by atoms with Gasteiger partial charge in [0.25, 0.3) is 5.91 Å². The Morgan fingerprint density at radius 3 is 2.96 bits per heavy atom. The molecule has 2 aliphatic rings. The summed E-state index contributed by atoms with van der Waals surface area (Å²) < 4.78 is 11.6. The van der Waals surface area contributed by atoms with Crippen molar-refractivity contribution >= 4 is 29.3 Å². The molecule has 1 aliphatic heterocycles. The van der Waals surface area contributed by atoms with Gasteiger partial charge in [-0.25, -0.2) is 0 Å². The van der Waals surface area contributed by atoms with Crippen LogP contribution < -0.4 is 15.4 Å². The maximum atomic E-state index is 12.0. The van der Waals surface area contributed by atoms with Crippen molar-refractivity contribution in [3.63, 3.8) is 0 Å². The number of rotatable bonds is 5. The third-order valence-electron chi connectivity index (χ3n) is 5.16. The molecule has 1 aromatic carbocycles. The second-order valence-electron chi connectivity index (χ2n) is 6.95. The minimum atomic E-state index is -0.393. The van der Waals surface area contributed by atoms with Crippen molar-refractivity contribution in [2.45, 2.75) is 31.8 Å². The topological polar surface area (TPSA) is 83.7 Å². The average molecular weight is 381 g/mol. The van der Waals surface area contributed by atoms with E-state index in [0.29, 0.717) is 18.8 Å². The number of carbonyl (C=O) groups is 1. The predicted octanol–water partition coefficient (Wildman–Crippen LogP) is 1.81. The first-order chi connectivity index (χ1) is 12.2. The Kier molecular flexibility index (Phi) is 6.06. The van der Waals surface area contributed by atoms with Gasteiger partial charge in [0.1, 0.15) is 17.1 Å². The van der Waals surface area contributed by atoms with Gasteiger partial charge in [-0.2, -0.15) is 0 Å². The number of ether oxygens (including phenoxy) is 1. The lowest BCUT2D eigenvalue weighted by Crippen LogP contribution is -2.36. The summed E-state index contributed by atoms with van der Waals surface area (Å²) in [7, 11) is 0. The van der Waals surface area contributed by atoms with Gasteiger partial charge in [0.2, 0.25) is 0 Å². The summed E-state index contributed by atoms with van der Waals surface area (Å²) in [4.78, 5) is 12.0. The monoisotopic (exact) mass is 380 g/mol. The van der Waals surface area contributed by atoms with E-state index in [0.717, 1.165) is 36.1 Å². The van der Waals surface area contributed by atoms with Crippen LogP contribution in [-0.4, -0.2) is 43.4 Å². The Balaban J connectivity index is 0.00000196. The Bertz CT molecular complexity index is 776. The molecule has 1 aliphatic carbocycles. The highest BCUT2D eigenvalue weighted by atomic mass is 35.5. The quantitative estimate of drug-likeness (QED) is 0.736. The van der Waals surface area contributed by atoms with Gasteiger partial charge in [-0.15, -0.1) is 12.4 Å². The van der Waals surface area contributed by atoms with E-state index < -0.39 is 6.10 Å². The number of aliphatic hydroxyl groups is 1. The molecule has 2 atom stereocenters. The maximum Gasteiger partial charge on any atom is 0.257 e. The molecule has 6 nitrogen and oxygen atoms in total. The van der Waals surface area contributed by atoms with Crippen LogP contribution >= 0.6 is 12.4 Å². The van der Waals surface area contributed by atoms with E-state index in [1.807, 2.05) is 18.2 Å². The van der Waals surface area contributed by atoms with Gasteiger partial charge >= 0.3 is 0 Å². The molecule has 3 N–H and O–H groups in total. The molecule has 0 spiro atoms. The van der Waals surface area contributed by atoms with Crippen LogP contribution in [0.3, 0.4) is 0 Å². The number of halogens is 1. The first-order valence-electron chi connectivity index (χ1n) is 9.03. The minimum Gasteiger partial charge on any atom is -0.484 e. The number of benzene rings is 1. The summed E-state index contributed by atoms with van der Waals surface area (Å²) in [6.07, 6.45) is 4.03. The van der Waals surface area contributed by atoms with Gasteiger partial charge in [-0.05, 0) is 37.5 Å². The molecule has 1 saturated heterocycles. The zero-order valence-corrected chi connectivity index (χ0v) is 15.4. The number of β-amino-alcohol motifs (C(OH)–C–C–N with tert-alkyl or cyclic N) is 1. The first kappa shape index (κ1) is 19.0. The average Bonchev–Trinajstić information content (AvgIpc) is 3.21. The van der Waals surface area contributed by atoms with Crippen molar-refractivity contribution in [1.82, 2.24) is 10.6 Å².